The Morgan fingerprint density at radius 2 is 1.80 bits per heavy atom. The molecule has 4 rings (SSSR count). The molecule has 2 atom stereocenters. The van der Waals surface area contributed by atoms with Gasteiger partial charge < -0.3 is 35.4 Å². The molecule has 1 saturated carbocycles. The highest BCUT2D eigenvalue weighted by Crippen LogP contribution is 2.37. The molecule has 1 aromatic heterocycles. The number of halogens is 4. The standard InChI is InChI=1S/C27H25F4N5O8/c1-11(42-27(33)40)21-20(23(38)34-19(22(37)36-26(32)39)15-6-5-14(28)9-16(15)29)35-24(44-21)13-4-7-17(43-25(30)31)18(8-13)41-10-12-2-3-12/h4-9,11-12,19,25H,2-3,10H2,1H3,(H2,33,40)(H,34,38)(H3,32,36,37,39)/t11-,19?/m0/s1. The van der Waals surface area contributed by atoms with Crippen molar-refractivity contribution in [2.45, 2.75) is 38.5 Å². The summed E-state index contributed by atoms with van der Waals surface area (Å²) in [5, 5.41) is 3.87. The Kier molecular flexibility index (Phi) is 9.55. The molecular formula is C27H25F4N5O8. The fourth-order valence-electron chi connectivity index (χ4n) is 3.97. The van der Waals surface area contributed by atoms with Gasteiger partial charge in [0.25, 0.3) is 11.8 Å². The quantitative estimate of drug-likeness (QED) is 0.217. The van der Waals surface area contributed by atoms with E-state index in [0.717, 1.165) is 31.0 Å². The van der Waals surface area contributed by atoms with E-state index in [1.54, 1.807) is 5.32 Å². The van der Waals surface area contributed by atoms with E-state index in [1.165, 1.54) is 19.1 Å². The van der Waals surface area contributed by atoms with Gasteiger partial charge in [0.1, 0.15) is 17.7 Å². The molecule has 6 N–H and O–H groups in total. The summed E-state index contributed by atoms with van der Waals surface area (Å²) in [4.78, 5) is 53.0. The van der Waals surface area contributed by atoms with E-state index in [9.17, 15) is 36.7 Å². The zero-order valence-corrected chi connectivity index (χ0v) is 22.8. The molecule has 0 bridgehead atoms. The highest BCUT2D eigenvalue weighted by Gasteiger charge is 2.33. The molecule has 0 aliphatic heterocycles. The van der Waals surface area contributed by atoms with E-state index in [1.807, 2.05) is 0 Å². The van der Waals surface area contributed by atoms with Gasteiger partial charge in [0, 0.05) is 17.2 Å². The monoisotopic (exact) mass is 623 g/mol. The molecule has 1 aliphatic rings. The summed E-state index contributed by atoms with van der Waals surface area (Å²) in [6.45, 7) is -1.65. The highest BCUT2D eigenvalue weighted by molar-refractivity contribution is 6.01. The van der Waals surface area contributed by atoms with Crippen molar-refractivity contribution < 1.29 is 55.4 Å². The largest absolute Gasteiger partial charge is 0.489 e. The molecule has 13 nitrogen and oxygen atoms in total. The van der Waals surface area contributed by atoms with Gasteiger partial charge in [-0.15, -0.1) is 0 Å². The third-order valence-corrected chi connectivity index (χ3v) is 6.17. The lowest BCUT2D eigenvalue weighted by Gasteiger charge is -2.18. The van der Waals surface area contributed by atoms with Crippen LogP contribution in [-0.2, 0) is 9.53 Å². The van der Waals surface area contributed by atoms with Gasteiger partial charge in [-0.2, -0.15) is 8.78 Å². The number of primary amides is 2. The normalized spacial score (nSPS) is 14.0. The van der Waals surface area contributed by atoms with Gasteiger partial charge in [-0.3, -0.25) is 14.9 Å². The van der Waals surface area contributed by atoms with Crippen LogP contribution in [0.5, 0.6) is 11.5 Å². The first kappa shape index (κ1) is 31.6. The van der Waals surface area contributed by atoms with E-state index in [2.05, 4.69) is 15.0 Å². The van der Waals surface area contributed by atoms with Crippen molar-refractivity contribution in [3.05, 3.63) is 65.1 Å². The predicted molar refractivity (Wildman–Crippen MR) is 140 cm³/mol. The van der Waals surface area contributed by atoms with Gasteiger partial charge in [-0.05, 0) is 49.9 Å². The Bertz CT molecular complexity index is 1580. The number of hydrogen-bond donors (Lipinski definition) is 4. The minimum atomic E-state index is -3.15. The van der Waals surface area contributed by atoms with E-state index in [4.69, 9.17) is 25.4 Å². The Balaban J connectivity index is 1.73. The van der Waals surface area contributed by atoms with Crippen LogP contribution in [0.3, 0.4) is 0 Å². The lowest BCUT2D eigenvalue weighted by atomic mass is 10.0. The Labute approximate surface area is 245 Å². The number of aromatic nitrogens is 1. The molecule has 5 amide bonds. The second-order valence-corrected chi connectivity index (χ2v) is 9.53. The van der Waals surface area contributed by atoms with E-state index >= 15 is 0 Å². The first-order valence-corrected chi connectivity index (χ1v) is 12.9. The van der Waals surface area contributed by atoms with Crippen LogP contribution in [0.1, 0.15) is 53.7 Å². The average Bonchev–Trinajstić information content (AvgIpc) is 3.65. The molecule has 234 valence electrons. The molecule has 3 aromatic rings. The number of urea groups is 1. The zero-order chi connectivity index (χ0) is 32.1. The zero-order valence-electron chi connectivity index (χ0n) is 22.8. The SMILES string of the molecule is C[C@H](OC(N)=O)c1oc(-c2ccc(OC(F)F)c(OCC3CC3)c2)nc1C(=O)NC(C(=O)NC(N)=O)c1ccc(F)cc1F. The van der Waals surface area contributed by atoms with E-state index < -0.39 is 71.3 Å². The van der Waals surface area contributed by atoms with E-state index in [0.29, 0.717) is 6.07 Å². The molecule has 17 heteroatoms. The minimum Gasteiger partial charge on any atom is -0.489 e. The minimum absolute atomic E-state index is 0.0724. The number of rotatable bonds is 12. The summed E-state index contributed by atoms with van der Waals surface area (Å²) in [5.74, 6) is -5.50. The number of amides is 5. The number of carbonyl (C=O) groups excluding carboxylic acids is 4. The summed E-state index contributed by atoms with van der Waals surface area (Å²) in [6, 6.07) is 2.55. The fraction of sp³-hybridized carbons (Fsp3) is 0.296. The van der Waals surface area contributed by atoms with Gasteiger partial charge in [0.15, 0.2) is 29.1 Å². The van der Waals surface area contributed by atoms with Crippen LogP contribution >= 0.6 is 0 Å². The second kappa shape index (κ2) is 13.3. The van der Waals surface area contributed by atoms with Crippen molar-refractivity contribution in [3.8, 4) is 23.0 Å². The molecule has 2 aromatic carbocycles. The number of nitrogens with one attached hydrogen (secondary N) is 2. The first-order chi connectivity index (χ1) is 20.8. The van der Waals surface area contributed by atoms with Crippen LogP contribution in [0.25, 0.3) is 11.5 Å². The number of oxazole rings is 1. The fourth-order valence-corrected chi connectivity index (χ4v) is 3.97. The summed E-state index contributed by atoms with van der Waals surface area (Å²) >= 11 is 0. The molecule has 1 unspecified atom stereocenters. The molecule has 44 heavy (non-hydrogen) atoms. The number of alkyl halides is 2. The summed E-state index contributed by atoms with van der Waals surface area (Å²) in [7, 11) is 0. The first-order valence-electron chi connectivity index (χ1n) is 12.9. The third kappa shape index (κ3) is 7.93. The molecule has 0 spiro atoms. The molecule has 1 heterocycles. The number of hydrogen-bond acceptors (Lipinski definition) is 9. The maximum atomic E-state index is 14.6. The van der Waals surface area contributed by atoms with Gasteiger partial charge in [-0.1, -0.05) is 6.07 Å². The van der Waals surface area contributed by atoms with Crippen LogP contribution in [-0.4, -0.2) is 42.1 Å². The van der Waals surface area contributed by atoms with Gasteiger partial charge in [-0.25, -0.2) is 23.4 Å². The van der Waals surface area contributed by atoms with Crippen molar-refractivity contribution in [2.75, 3.05) is 6.61 Å². The Morgan fingerprint density at radius 1 is 1.07 bits per heavy atom. The smallest absolute Gasteiger partial charge is 0.405 e. The topological polar surface area (TPSA) is 198 Å². The second-order valence-electron chi connectivity index (χ2n) is 9.53. The Hall–Kier alpha value is -5.35. The molecule has 0 radical (unpaired) electrons. The highest BCUT2D eigenvalue weighted by atomic mass is 19.3. The van der Waals surface area contributed by atoms with Crippen LogP contribution in [0.4, 0.5) is 27.2 Å². The number of nitrogens with two attached hydrogens (primary N) is 2. The molecule has 1 fully saturated rings. The summed E-state index contributed by atoms with van der Waals surface area (Å²) in [5.41, 5.74) is 9.08. The van der Waals surface area contributed by atoms with Crippen LogP contribution in [0, 0.1) is 17.6 Å². The van der Waals surface area contributed by atoms with E-state index in [-0.39, 0.29) is 35.5 Å². The van der Waals surface area contributed by atoms with Crippen molar-refractivity contribution in [3.63, 3.8) is 0 Å². The van der Waals surface area contributed by atoms with Crippen LogP contribution < -0.4 is 31.6 Å². The molecule has 1 aliphatic carbocycles. The third-order valence-electron chi connectivity index (χ3n) is 6.17. The van der Waals surface area contributed by atoms with Crippen molar-refractivity contribution in [1.82, 2.24) is 15.6 Å². The van der Waals surface area contributed by atoms with Gasteiger partial charge in [0.05, 0.1) is 6.61 Å². The van der Waals surface area contributed by atoms with Gasteiger partial charge >= 0.3 is 18.7 Å². The average molecular weight is 624 g/mol. The lowest BCUT2D eigenvalue weighted by Crippen LogP contribution is -2.45. The van der Waals surface area contributed by atoms with Crippen molar-refractivity contribution >= 4 is 23.9 Å². The molecular weight excluding hydrogens is 598 g/mol. The maximum absolute atomic E-state index is 14.6. The lowest BCUT2D eigenvalue weighted by molar-refractivity contribution is -0.122. The number of benzene rings is 2. The predicted octanol–water partition coefficient (Wildman–Crippen LogP) is 3.83. The summed E-state index contributed by atoms with van der Waals surface area (Å²) in [6.07, 6.45) is -0.783. The summed E-state index contributed by atoms with van der Waals surface area (Å²) < 4.78 is 74.9. The number of ether oxygens (including phenoxy) is 3. The molecule has 0 saturated heterocycles. The van der Waals surface area contributed by atoms with Crippen LogP contribution in [0.15, 0.2) is 40.8 Å². The Morgan fingerprint density at radius 3 is 2.41 bits per heavy atom. The maximum Gasteiger partial charge on any atom is 0.405 e. The number of carbonyl (C=O) groups is 4. The van der Waals surface area contributed by atoms with Crippen LogP contribution in [0.2, 0.25) is 0 Å². The van der Waals surface area contributed by atoms with Crippen molar-refractivity contribution in [1.29, 1.82) is 0 Å². The van der Waals surface area contributed by atoms with Gasteiger partial charge in [0.2, 0.25) is 5.89 Å². The number of nitrogens with zero attached hydrogens (tertiary/aromatic N) is 1. The van der Waals surface area contributed by atoms with Crippen molar-refractivity contribution in [2.24, 2.45) is 17.4 Å². The number of imide groups is 1.